The summed E-state index contributed by atoms with van der Waals surface area (Å²) in [6.07, 6.45) is 4.79. The van der Waals surface area contributed by atoms with Crippen LogP contribution in [0.1, 0.15) is 31.9 Å². The van der Waals surface area contributed by atoms with Gasteiger partial charge < -0.3 is 10.6 Å². The van der Waals surface area contributed by atoms with E-state index in [9.17, 15) is 4.79 Å². The Bertz CT molecular complexity index is 427. The van der Waals surface area contributed by atoms with E-state index < -0.39 is 0 Å². The normalized spacial score (nSPS) is 23.9. The molecular formula is C13H22N4O. The molecule has 2 rings (SSSR count). The average Bonchev–Trinajstić information content (AvgIpc) is 2.61. The minimum Gasteiger partial charge on any atom is -0.323 e. The lowest BCUT2D eigenvalue weighted by Gasteiger charge is -2.29. The fourth-order valence-corrected chi connectivity index (χ4v) is 2.51. The summed E-state index contributed by atoms with van der Waals surface area (Å²) in [6.45, 7) is 5.13. The van der Waals surface area contributed by atoms with Gasteiger partial charge in [0.05, 0.1) is 11.4 Å². The number of piperidine rings is 1. The van der Waals surface area contributed by atoms with E-state index in [0.29, 0.717) is 18.4 Å². The molecule has 1 fully saturated rings. The Morgan fingerprint density at radius 1 is 1.67 bits per heavy atom. The number of carbonyl (C=O) groups is 1. The summed E-state index contributed by atoms with van der Waals surface area (Å²) in [5.41, 5.74) is 1.67. The highest BCUT2D eigenvalue weighted by atomic mass is 16.1. The molecule has 1 aliphatic rings. The van der Waals surface area contributed by atoms with Crippen LogP contribution in [0.15, 0.2) is 6.20 Å². The minimum absolute atomic E-state index is 0.0670. The van der Waals surface area contributed by atoms with Crippen molar-refractivity contribution in [1.82, 2.24) is 15.1 Å². The van der Waals surface area contributed by atoms with Crippen molar-refractivity contribution in [2.24, 2.45) is 13.0 Å². The molecule has 1 saturated heterocycles. The summed E-state index contributed by atoms with van der Waals surface area (Å²) >= 11 is 0. The number of carbonyl (C=O) groups excluding carboxylic acids is 1. The number of aryl methyl sites for hydroxylation is 2. The molecule has 5 nitrogen and oxygen atoms in total. The van der Waals surface area contributed by atoms with Crippen molar-refractivity contribution in [3.05, 3.63) is 11.9 Å². The van der Waals surface area contributed by atoms with E-state index in [2.05, 4.69) is 22.7 Å². The van der Waals surface area contributed by atoms with Crippen molar-refractivity contribution in [2.75, 3.05) is 11.9 Å². The number of rotatable bonds is 3. The van der Waals surface area contributed by atoms with E-state index in [1.807, 2.05) is 20.2 Å². The third-order valence-corrected chi connectivity index (χ3v) is 3.62. The largest absolute Gasteiger partial charge is 0.323 e. The fraction of sp³-hybridized carbons (Fsp3) is 0.692. The first-order chi connectivity index (χ1) is 8.56. The average molecular weight is 250 g/mol. The Kier molecular flexibility index (Phi) is 4.01. The Morgan fingerprint density at radius 3 is 3.06 bits per heavy atom. The quantitative estimate of drug-likeness (QED) is 0.853. The number of aromatic nitrogens is 2. The zero-order chi connectivity index (χ0) is 13.1. The van der Waals surface area contributed by atoms with Gasteiger partial charge in [0.1, 0.15) is 0 Å². The van der Waals surface area contributed by atoms with Crippen LogP contribution in [0.3, 0.4) is 0 Å². The van der Waals surface area contributed by atoms with Crippen molar-refractivity contribution in [2.45, 2.75) is 39.2 Å². The topological polar surface area (TPSA) is 59.0 Å². The minimum atomic E-state index is 0.0670. The lowest BCUT2D eigenvalue weighted by atomic mass is 9.90. The molecule has 1 aromatic heterocycles. The number of nitrogens with one attached hydrogen (secondary N) is 2. The van der Waals surface area contributed by atoms with Gasteiger partial charge in [-0.1, -0.05) is 6.92 Å². The van der Waals surface area contributed by atoms with Crippen LogP contribution in [0.25, 0.3) is 0 Å². The van der Waals surface area contributed by atoms with Gasteiger partial charge in [0.15, 0.2) is 0 Å². The van der Waals surface area contributed by atoms with Crippen LogP contribution in [0, 0.1) is 12.8 Å². The zero-order valence-electron chi connectivity index (χ0n) is 11.4. The Balaban J connectivity index is 1.90. The maximum atomic E-state index is 12.0. The van der Waals surface area contributed by atoms with Gasteiger partial charge in [0.25, 0.3) is 0 Å². The Labute approximate surface area is 108 Å². The van der Waals surface area contributed by atoms with Crippen molar-refractivity contribution in [3.63, 3.8) is 0 Å². The van der Waals surface area contributed by atoms with Gasteiger partial charge in [0.2, 0.25) is 5.91 Å². The maximum absolute atomic E-state index is 12.0. The highest BCUT2D eigenvalue weighted by molar-refractivity contribution is 5.91. The molecule has 1 aliphatic heterocycles. The second kappa shape index (κ2) is 5.52. The standard InChI is InChI=1S/C13H22N4O/c1-9-5-4-6-14-11(9)7-13(18)15-12-8-17(3)16-10(12)2/h8-9,11,14H,4-7H2,1-3H3,(H,15,18). The highest BCUT2D eigenvalue weighted by Crippen LogP contribution is 2.19. The molecule has 0 saturated carbocycles. The summed E-state index contributed by atoms with van der Waals surface area (Å²) in [7, 11) is 1.85. The molecule has 100 valence electrons. The van der Waals surface area contributed by atoms with E-state index in [-0.39, 0.29) is 5.91 Å². The molecule has 0 radical (unpaired) electrons. The Morgan fingerprint density at radius 2 is 2.44 bits per heavy atom. The predicted molar refractivity (Wildman–Crippen MR) is 71.4 cm³/mol. The number of hydrogen-bond acceptors (Lipinski definition) is 3. The molecule has 1 aromatic rings. The van der Waals surface area contributed by atoms with Crippen LogP contribution in [0.5, 0.6) is 0 Å². The van der Waals surface area contributed by atoms with Crippen LogP contribution in [0.4, 0.5) is 5.69 Å². The first kappa shape index (κ1) is 13.1. The molecule has 5 heteroatoms. The summed E-state index contributed by atoms with van der Waals surface area (Å²) in [6, 6.07) is 0.302. The van der Waals surface area contributed by atoms with Crippen molar-refractivity contribution >= 4 is 11.6 Å². The van der Waals surface area contributed by atoms with Gasteiger partial charge in [-0.15, -0.1) is 0 Å². The van der Waals surface area contributed by atoms with Crippen molar-refractivity contribution in [1.29, 1.82) is 0 Å². The molecule has 1 amide bonds. The SMILES string of the molecule is Cc1nn(C)cc1NC(=O)CC1NCCCC1C. The summed E-state index contributed by atoms with van der Waals surface area (Å²) < 4.78 is 1.71. The van der Waals surface area contributed by atoms with E-state index in [0.717, 1.165) is 17.9 Å². The fourth-order valence-electron chi connectivity index (χ4n) is 2.51. The van der Waals surface area contributed by atoms with Crippen LogP contribution < -0.4 is 10.6 Å². The van der Waals surface area contributed by atoms with E-state index >= 15 is 0 Å². The van der Waals surface area contributed by atoms with Gasteiger partial charge in [-0.25, -0.2) is 0 Å². The molecular weight excluding hydrogens is 228 g/mol. The van der Waals surface area contributed by atoms with Crippen molar-refractivity contribution < 1.29 is 4.79 Å². The first-order valence-electron chi connectivity index (χ1n) is 6.59. The predicted octanol–water partition coefficient (Wildman–Crippen LogP) is 1.45. The van der Waals surface area contributed by atoms with E-state index in [1.165, 1.54) is 12.8 Å². The summed E-state index contributed by atoms with van der Waals surface area (Å²) in [5, 5.41) is 10.6. The molecule has 2 N–H and O–H groups in total. The van der Waals surface area contributed by atoms with Crippen LogP contribution >= 0.6 is 0 Å². The van der Waals surface area contributed by atoms with Crippen molar-refractivity contribution in [3.8, 4) is 0 Å². The van der Waals surface area contributed by atoms with Gasteiger partial charge in [-0.2, -0.15) is 5.10 Å². The van der Waals surface area contributed by atoms with Crippen LogP contribution in [-0.4, -0.2) is 28.3 Å². The molecule has 0 aliphatic carbocycles. The molecule has 0 bridgehead atoms. The van der Waals surface area contributed by atoms with Gasteiger partial charge in [-0.05, 0) is 32.2 Å². The molecule has 0 aromatic carbocycles. The zero-order valence-corrected chi connectivity index (χ0v) is 11.4. The van der Waals surface area contributed by atoms with Gasteiger partial charge in [0, 0.05) is 25.7 Å². The maximum Gasteiger partial charge on any atom is 0.226 e. The number of anilines is 1. The second-order valence-corrected chi connectivity index (χ2v) is 5.23. The number of amides is 1. The Hall–Kier alpha value is -1.36. The van der Waals surface area contributed by atoms with E-state index in [4.69, 9.17) is 0 Å². The molecule has 2 unspecified atom stereocenters. The highest BCUT2D eigenvalue weighted by Gasteiger charge is 2.23. The molecule has 0 spiro atoms. The summed E-state index contributed by atoms with van der Waals surface area (Å²) in [4.78, 5) is 12.0. The molecule has 2 atom stereocenters. The van der Waals surface area contributed by atoms with Crippen LogP contribution in [-0.2, 0) is 11.8 Å². The molecule has 2 heterocycles. The third-order valence-electron chi connectivity index (χ3n) is 3.62. The summed E-state index contributed by atoms with van der Waals surface area (Å²) in [5.74, 6) is 0.636. The third kappa shape index (κ3) is 3.10. The monoisotopic (exact) mass is 250 g/mol. The smallest absolute Gasteiger partial charge is 0.226 e. The first-order valence-corrected chi connectivity index (χ1v) is 6.59. The van der Waals surface area contributed by atoms with Crippen LogP contribution in [0.2, 0.25) is 0 Å². The second-order valence-electron chi connectivity index (χ2n) is 5.23. The van der Waals surface area contributed by atoms with E-state index in [1.54, 1.807) is 4.68 Å². The number of nitrogens with zero attached hydrogens (tertiary/aromatic N) is 2. The van der Waals surface area contributed by atoms with Gasteiger partial charge >= 0.3 is 0 Å². The lowest BCUT2D eigenvalue weighted by Crippen LogP contribution is -2.42. The van der Waals surface area contributed by atoms with Gasteiger partial charge in [-0.3, -0.25) is 9.48 Å². The molecule has 18 heavy (non-hydrogen) atoms. The number of hydrogen-bond donors (Lipinski definition) is 2. The lowest BCUT2D eigenvalue weighted by molar-refractivity contribution is -0.117.